The third kappa shape index (κ3) is 3.21. The first-order valence-electron chi connectivity index (χ1n) is 6.88. The lowest BCUT2D eigenvalue weighted by Gasteiger charge is -2.17. The number of rotatable bonds is 8. The Morgan fingerprint density at radius 2 is 2.28 bits per heavy atom. The second-order valence-electron chi connectivity index (χ2n) is 5.39. The van der Waals surface area contributed by atoms with Gasteiger partial charge in [0.25, 0.3) is 0 Å². The van der Waals surface area contributed by atoms with E-state index < -0.39 is 0 Å². The normalized spacial score (nSPS) is 19.4. The van der Waals surface area contributed by atoms with Crippen molar-refractivity contribution in [2.75, 3.05) is 6.54 Å². The van der Waals surface area contributed by atoms with Gasteiger partial charge in [0, 0.05) is 31.2 Å². The average molecular weight is 247 g/mol. The summed E-state index contributed by atoms with van der Waals surface area (Å²) in [6.45, 7) is 6.43. The van der Waals surface area contributed by atoms with E-state index in [4.69, 9.17) is 4.52 Å². The highest BCUT2D eigenvalue weighted by atomic mass is 16.5. The molecule has 0 radical (unpaired) electrons. The highest BCUT2D eigenvalue weighted by Gasteiger charge is 2.29. The van der Waals surface area contributed by atoms with Crippen molar-refractivity contribution in [3.05, 3.63) is 30.2 Å². The van der Waals surface area contributed by atoms with E-state index in [0.29, 0.717) is 6.04 Å². The molecular weight excluding hydrogens is 226 g/mol. The van der Waals surface area contributed by atoms with E-state index in [-0.39, 0.29) is 0 Å². The van der Waals surface area contributed by atoms with Gasteiger partial charge in [-0.1, -0.05) is 11.2 Å². The average Bonchev–Trinajstić information content (AvgIpc) is 3.27. The Labute approximate surface area is 108 Å². The minimum absolute atomic E-state index is 0.717. The van der Waals surface area contributed by atoms with Crippen LogP contribution in [0.25, 0.3) is 0 Å². The fourth-order valence-electron chi connectivity index (χ4n) is 2.20. The molecule has 3 rings (SSSR count). The van der Waals surface area contributed by atoms with Gasteiger partial charge < -0.3 is 9.84 Å². The fourth-order valence-corrected chi connectivity index (χ4v) is 2.20. The molecule has 4 nitrogen and oxygen atoms in total. The Hall–Kier alpha value is -1.13. The van der Waals surface area contributed by atoms with Crippen LogP contribution in [0.5, 0.6) is 0 Å². The Kier molecular flexibility index (Phi) is 3.48. The van der Waals surface area contributed by atoms with Crippen LogP contribution < -0.4 is 5.32 Å². The van der Waals surface area contributed by atoms with Crippen LogP contribution in [0.15, 0.2) is 23.2 Å². The molecule has 0 aliphatic heterocycles. The molecule has 1 N–H and O–H groups in total. The molecular formula is C14H21N3O. The van der Waals surface area contributed by atoms with Crippen LogP contribution in [0.2, 0.25) is 0 Å². The maximum atomic E-state index is 5.41. The molecule has 18 heavy (non-hydrogen) atoms. The van der Waals surface area contributed by atoms with Gasteiger partial charge in [-0.05, 0) is 25.7 Å². The van der Waals surface area contributed by atoms with E-state index in [1.807, 2.05) is 6.08 Å². The Balaban J connectivity index is 1.52. The summed E-state index contributed by atoms with van der Waals surface area (Å²) in [6.07, 6.45) is 7.18. The van der Waals surface area contributed by atoms with Crippen molar-refractivity contribution in [1.29, 1.82) is 0 Å². The minimum Gasteiger partial charge on any atom is -0.360 e. The van der Waals surface area contributed by atoms with Gasteiger partial charge in [-0.2, -0.15) is 0 Å². The van der Waals surface area contributed by atoms with E-state index in [1.54, 1.807) is 0 Å². The lowest BCUT2D eigenvalue weighted by Crippen LogP contribution is -2.25. The molecule has 0 bridgehead atoms. The summed E-state index contributed by atoms with van der Waals surface area (Å²) < 4.78 is 5.41. The van der Waals surface area contributed by atoms with Crippen molar-refractivity contribution >= 4 is 0 Å². The zero-order valence-electron chi connectivity index (χ0n) is 10.8. The Morgan fingerprint density at radius 1 is 1.44 bits per heavy atom. The largest absolute Gasteiger partial charge is 0.360 e. The molecule has 1 aromatic rings. The molecule has 0 saturated heterocycles. The molecule has 0 aromatic carbocycles. The summed E-state index contributed by atoms with van der Waals surface area (Å²) >= 11 is 0. The van der Waals surface area contributed by atoms with Crippen molar-refractivity contribution in [1.82, 2.24) is 15.4 Å². The molecule has 4 heteroatoms. The van der Waals surface area contributed by atoms with Crippen LogP contribution >= 0.6 is 0 Å². The molecule has 1 aromatic heterocycles. The Morgan fingerprint density at radius 3 is 2.94 bits per heavy atom. The quantitative estimate of drug-likeness (QED) is 0.714. The lowest BCUT2D eigenvalue weighted by molar-refractivity contribution is 0.242. The molecule has 1 heterocycles. The molecule has 2 saturated carbocycles. The Bertz CT molecular complexity index is 407. The predicted molar refractivity (Wildman–Crippen MR) is 70.0 cm³/mol. The summed E-state index contributed by atoms with van der Waals surface area (Å²) in [4.78, 5) is 2.41. The lowest BCUT2D eigenvalue weighted by atomic mass is 10.3. The molecule has 0 atom stereocenters. The number of nitrogens with one attached hydrogen (secondary N) is 1. The van der Waals surface area contributed by atoms with Crippen molar-refractivity contribution in [3.8, 4) is 0 Å². The molecule has 0 spiro atoms. The third-order valence-corrected chi connectivity index (χ3v) is 3.54. The van der Waals surface area contributed by atoms with E-state index in [1.165, 1.54) is 25.7 Å². The first-order valence-corrected chi connectivity index (χ1v) is 6.88. The number of nitrogens with zero attached hydrogens (tertiary/aromatic N) is 2. The van der Waals surface area contributed by atoms with Crippen molar-refractivity contribution in [2.24, 2.45) is 0 Å². The van der Waals surface area contributed by atoms with Crippen molar-refractivity contribution < 1.29 is 4.52 Å². The monoisotopic (exact) mass is 247 g/mol. The number of hydrogen-bond donors (Lipinski definition) is 1. The molecule has 98 valence electrons. The highest BCUT2D eigenvalue weighted by Crippen LogP contribution is 2.28. The number of hydrogen-bond acceptors (Lipinski definition) is 4. The SMILES string of the molecule is C=CCN(Cc1cc(CNC2CC2)no1)C1CC1. The van der Waals surface area contributed by atoms with Gasteiger partial charge in [0.2, 0.25) is 0 Å². The van der Waals surface area contributed by atoms with Gasteiger partial charge in [-0.25, -0.2) is 0 Å². The zero-order chi connectivity index (χ0) is 12.4. The maximum absolute atomic E-state index is 5.41. The molecule has 2 fully saturated rings. The van der Waals surface area contributed by atoms with E-state index in [0.717, 1.165) is 37.1 Å². The zero-order valence-corrected chi connectivity index (χ0v) is 10.8. The van der Waals surface area contributed by atoms with Crippen LogP contribution in [-0.4, -0.2) is 28.7 Å². The van der Waals surface area contributed by atoms with Crippen LogP contribution in [0.4, 0.5) is 0 Å². The highest BCUT2D eigenvalue weighted by molar-refractivity contribution is 5.07. The minimum atomic E-state index is 0.717. The summed E-state index contributed by atoms with van der Waals surface area (Å²) in [6, 6.07) is 3.52. The van der Waals surface area contributed by atoms with Gasteiger partial charge in [0.05, 0.1) is 12.2 Å². The molecule has 0 unspecified atom stereocenters. The first kappa shape index (κ1) is 11.9. The molecule has 2 aliphatic rings. The van der Waals surface area contributed by atoms with E-state index >= 15 is 0 Å². The molecule has 2 aliphatic carbocycles. The summed E-state index contributed by atoms with van der Waals surface area (Å²) in [5.41, 5.74) is 1.02. The number of aromatic nitrogens is 1. The second-order valence-corrected chi connectivity index (χ2v) is 5.39. The smallest absolute Gasteiger partial charge is 0.151 e. The van der Waals surface area contributed by atoms with Crippen molar-refractivity contribution in [2.45, 2.75) is 50.9 Å². The van der Waals surface area contributed by atoms with E-state index in [9.17, 15) is 0 Å². The van der Waals surface area contributed by atoms with Gasteiger partial charge in [-0.15, -0.1) is 6.58 Å². The standard InChI is InChI=1S/C14H21N3O/c1-2-7-17(13-5-6-13)10-14-8-12(16-18-14)9-15-11-3-4-11/h2,8,11,13,15H,1,3-7,9-10H2. The van der Waals surface area contributed by atoms with Crippen molar-refractivity contribution in [3.63, 3.8) is 0 Å². The molecule has 0 amide bonds. The fraction of sp³-hybridized carbons (Fsp3) is 0.643. The van der Waals surface area contributed by atoms with Gasteiger partial charge in [-0.3, -0.25) is 4.90 Å². The maximum Gasteiger partial charge on any atom is 0.151 e. The summed E-state index contributed by atoms with van der Waals surface area (Å²) in [7, 11) is 0. The van der Waals surface area contributed by atoms with Crippen LogP contribution in [0.3, 0.4) is 0 Å². The van der Waals surface area contributed by atoms with Gasteiger partial charge in [0.15, 0.2) is 5.76 Å². The first-order chi connectivity index (χ1) is 8.85. The van der Waals surface area contributed by atoms with Gasteiger partial charge in [0.1, 0.15) is 0 Å². The van der Waals surface area contributed by atoms with Crippen LogP contribution in [-0.2, 0) is 13.1 Å². The summed E-state index contributed by atoms with van der Waals surface area (Å²) in [5, 5.41) is 7.57. The predicted octanol–water partition coefficient (Wildman–Crippen LogP) is 2.08. The van der Waals surface area contributed by atoms with Crippen LogP contribution in [0.1, 0.15) is 37.1 Å². The van der Waals surface area contributed by atoms with Crippen LogP contribution in [0, 0.1) is 0 Å². The third-order valence-electron chi connectivity index (χ3n) is 3.54. The van der Waals surface area contributed by atoms with E-state index in [2.05, 4.69) is 28.0 Å². The second kappa shape index (κ2) is 5.24. The summed E-state index contributed by atoms with van der Waals surface area (Å²) in [5.74, 6) is 0.969. The van der Waals surface area contributed by atoms with Gasteiger partial charge >= 0.3 is 0 Å². The topological polar surface area (TPSA) is 41.3 Å².